The second-order valence-corrected chi connectivity index (χ2v) is 5.17. The molecule has 0 spiro atoms. The van der Waals surface area contributed by atoms with Crippen LogP contribution in [0.25, 0.3) is 6.08 Å². The fraction of sp³-hybridized carbons (Fsp3) is 0.176. The summed E-state index contributed by atoms with van der Waals surface area (Å²) in [5.41, 5.74) is 3.96. The smallest absolute Gasteiger partial charge is 0.115 e. The van der Waals surface area contributed by atoms with E-state index < -0.39 is 0 Å². The van der Waals surface area contributed by atoms with E-state index in [0.717, 1.165) is 6.42 Å². The van der Waals surface area contributed by atoms with Crippen LogP contribution in [0.4, 0.5) is 0 Å². The molecule has 0 bridgehead atoms. The van der Waals surface area contributed by atoms with Crippen molar-refractivity contribution in [3.05, 3.63) is 71.3 Å². The lowest BCUT2D eigenvalue weighted by Crippen LogP contribution is -2.24. The molecule has 1 N–H and O–H groups in total. The molecule has 3 rings (SSSR count). The van der Waals surface area contributed by atoms with Gasteiger partial charge in [0.2, 0.25) is 0 Å². The summed E-state index contributed by atoms with van der Waals surface area (Å²) in [7, 11) is 0. The molecule has 0 heterocycles. The van der Waals surface area contributed by atoms with Crippen LogP contribution in [0.3, 0.4) is 0 Å². The van der Waals surface area contributed by atoms with Crippen molar-refractivity contribution in [1.82, 2.24) is 0 Å². The molecule has 0 saturated heterocycles. The Hall–Kier alpha value is -2.02. The average Bonchev–Trinajstić information content (AvgIpc) is 2.39. The standard InChI is InChI=1S/C17H16O/c1-17(15-6-8-16(18)9-7-15)11-10-13-4-2-3-5-14(13)12-17/h2-11,18H,12H2,1H3. The highest BCUT2D eigenvalue weighted by molar-refractivity contribution is 5.60. The van der Waals surface area contributed by atoms with Crippen LogP contribution in [-0.4, -0.2) is 5.11 Å². The van der Waals surface area contributed by atoms with E-state index in [-0.39, 0.29) is 5.41 Å². The Morgan fingerprint density at radius 1 is 1.00 bits per heavy atom. The molecular weight excluding hydrogens is 220 g/mol. The highest BCUT2D eigenvalue weighted by atomic mass is 16.3. The molecule has 1 aliphatic carbocycles. The highest BCUT2D eigenvalue weighted by Gasteiger charge is 2.27. The van der Waals surface area contributed by atoms with Gasteiger partial charge in [-0.15, -0.1) is 0 Å². The first-order valence-corrected chi connectivity index (χ1v) is 6.24. The summed E-state index contributed by atoms with van der Waals surface area (Å²) in [6.45, 7) is 2.24. The Balaban J connectivity index is 2.02. The molecule has 0 radical (unpaired) electrons. The Bertz CT molecular complexity index is 595. The molecule has 1 aliphatic rings. The van der Waals surface area contributed by atoms with Crippen molar-refractivity contribution in [1.29, 1.82) is 0 Å². The van der Waals surface area contributed by atoms with Crippen molar-refractivity contribution in [2.75, 3.05) is 0 Å². The summed E-state index contributed by atoms with van der Waals surface area (Å²) in [4.78, 5) is 0. The summed E-state index contributed by atoms with van der Waals surface area (Å²) < 4.78 is 0. The Kier molecular flexibility index (Phi) is 2.48. The number of aromatic hydroxyl groups is 1. The minimum Gasteiger partial charge on any atom is -0.508 e. The van der Waals surface area contributed by atoms with E-state index in [1.165, 1.54) is 16.7 Å². The maximum atomic E-state index is 9.38. The van der Waals surface area contributed by atoms with E-state index in [0.29, 0.717) is 5.75 Å². The number of hydrogen-bond donors (Lipinski definition) is 1. The molecule has 0 aliphatic heterocycles. The number of benzene rings is 2. The molecule has 1 heteroatoms. The highest BCUT2D eigenvalue weighted by Crippen LogP contribution is 2.35. The van der Waals surface area contributed by atoms with Gasteiger partial charge in [0.25, 0.3) is 0 Å². The Labute approximate surface area is 107 Å². The van der Waals surface area contributed by atoms with Crippen LogP contribution in [0.5, 0.6) is 5.75 Å². The molecule has 90 valence electrons. The van der Waals surface area contributed by atoms with E-state index in [2.05, 4.69) is 43.3 Å². The maximum absolute atomic E-state index is 9.38. The zero-order valence-corrected chi connectivity index (χ0v) is 10.4. The third-order valence-corrected chi connectivity index (χ3v) is 3.77. The van der Waals surface area contributed by atoms with Crippen LogP contribution in [0, 0.1) is 0 Å². The summed E-state index contributed by atoms with van der Waals surface area (Å²) in [6.07, 6.45) is 5.47. The molecule has 1 nitrogen and oxygen atoms in total. The first-order chi connectivity index (χ1) is 8.67. The van der Waals surface area contributed by atoms with Crippen molar-refractivity contribution >= 4 is 6.08 Å². The molecule has 1 atom stereocenters. The minimum atomic E-state index is 0.0159. The second kappa shape index (κ2) is 4.02. The van der Waals surface area contributed by atoms with E-state index in [9.17, 15) is 5.11 Å². The fourth-order valence-corrected chi connectivity index (χ4v) is 2.63. The zero-order chi connectivity index (χ0) is 12.6. The van der Waals surface area contributed by atoms with Crippen LogP contribution in [0.15, 0.2) is 54.6 Å². The lowest BCUT2D eigenvalue weighted by atomic mass is 9.73. The maximum Gasteiger partial charge on any atom is 0.115 e. The van der Waals surface area contributed by atoms with Gasteiger partial charge in [-0.1, -0.05) is 55.5 Å². The van der Waals surface area contributed by atoms with Crippen LogP contribution < -0.4 is 0 Å². The fourth-order valence-electron chi connectivity index (χ4n) is 2.63. The van der Waals surface area contributed by atoms with Crippen molar-refractivity contribution in [3.63, 3.8) is 0 Å². The molecular formula is C17H16O. The largest absolute Gasteiger partial charge is 0.508 e. The monoisotopic (exact) mass is 236 g/mol. The van der Waals surface area contributed by atoms with E-state index in [4.69, 9.17) is 0 Å². The van der Waals surface area contributed by atoms with Crippen molar-refractivity contribution in [2.45, 2.75) is 18.8 Å². The van der Waals surface area contributed by atoms with Gasteiger partial charge in [0.15, 0.2) is 0 Å². The first kappa shape index (κ1) is 11.1. The van der Waals surface area contributed by atoms with Gasteiger partial charge >= 0.3 is 0 Å². The number of rotatable bonds is 1. The molecule has 18 heavy (non-hydrogen) atoms. The van der Waals surface area contributed by atoms with Gasteiger partial charge in [-0.2, -0.15) is 0 Å². The van der Waals surface area contributed by atoms with Crippen LogP contribution in [0.1, 0.15) is 23.6 Å². The van der Waals surface area contributed by atoms with Crippen molar-refractivity contribution in [3.8, 4) is 5.75 Å². The summed E-state index contributed by atoms with van der Waals surface area (Å²) in [5, 5.41) is 9.38. The Morgan fingerprint density at radius 2 is 1.72 bits per heavy atom. The topological polar surface area (TPSA) is 20.2 Å². The zero-order valence-electron chi connectivity index (χ0n) is 10.4. The lowest BCUT2D eigenvalue weighted by Gasteiger charge is -2.31. The van der Waals surface area contributed by atoms with Gasteiger partial charge in [-0.25, -0.2) is 0 Å². The number of fused-ring (bicyclic) bond motifs is 1. The number of phenolic OH excluding ortho intramolecular Hbond substituents is 1. The summed E-state index contributed by atoms with van der Waals surface area (Å²) in [5.74, 6) is 0.322. The number of hydrogen-bond acceptors (Lipinski definition) is 1. The number of phenols is 1. The molecule has 1 unspecified atom stereocenters. The quantitative estimate of drug-likeness (QED) is 0.795. The summed E-state index contributed by atoms with van der Waals surface area (Å²) >= 11 is 0. The normalized spacial score (nSPS) is 21.6. The molecule has 0 aromatic heterocycles. The van der Waals surface area contributed by atoms with Crippen LogP contribution in [-0.2, 0) is 11.8 Å². The molecule has 0 amide bonds. The van der Waals surface area contributed by atoms with Gasteiger partial charge < -0.3 is 5.11 Å². The number of allylic oxidation sites excluding steroid dienone is 1. The first-order valence-electron chi connectivity index (χ1n) is 6.24. The van der Waals surface area contributed by atoms with Crippen LogP contribution >= 0.6 is 0 Å². The SMILES string of the molecule is CC1(c2ccc(O)cc2)C=Cc2ccccc2C1. The third-order valence-electron chi connectivity index (χ3n) is 3.77. The Morgan fingerprint density at radius 3 is 2.50 bits per heavy atom. The molecule has 0 saturated carbocycles. The third kappa shape index (κ3) is 1.82. The van der Waals surface area contributed by atoms with E-state index >= 15 is 0 Å². The van der Waals surface area contributed by atoms with Gasteiger partial charge in [-0.3, -0.25) is 0 Å². The van der Waals surface area contributed by atoms with Gasteiger partial charge in [0.05, 0.1) is 0 Å². The van der Waals surface area contributed by atoms with E-state index in [1.807, 2.05) is 12.1 Å². The van der Waals surface area contributed by atoms with Crippen LogP contribution in [0.2, 0.25) is 0 Å². The van der Waals surface area contributed by atoms with Crippen molar-refractivity contribution < 1.29 is 5.11 Å². The predicted molar refractivity (Wildman–Crippen MR) is 74.6 cm³/mol. The van der Waals surface area contributed by atoms with Gasteiger partial charge in [0.1, 0.15) is 5.75 Å². The van der Waals surface area contributed by atoms with Gasteiger partial charge in [0, 0.05) is 5.41 Å². The average molecular weight is 236 g/mol. The second-order valence-electron chi connectivity index (χ2n) is 5.17. The lowest BCUT2D eigenvalue weighted by molar-refractivity contribution is 0.474. The molecule has 2 aromatic rings. The summed E-state index contributed by atoms with van der Waals surface area (Å²) in [6, 6.07) is 16.0. The minimum absolute atomic E-state index is 0.0159. The predicted octanol–water partition coefficient (Wildman–Crippen LogP) is 3.92. The van der Waals surface area contributed by atoms with Crippen molar-refractivity contribution in [2.24, 2.45) is 0 Å². The molecule has 0 fully saturated rings. The van der Waals surface area contributed by atoms with E-state index in [1.54, 1.807) is 12.1 Å². The molecule has 2 aromatic carbocycles. The van der Waals surface area contributed by atoms with Gasteiger partial charge in [-0.05, 0) is 35.2 Å².